The molecule has 0 saturated carbocycles. The molecule has 8 heteroatoms. The number of carbonyl (C=O) groups is 2. The fraction of sp³-hybridized carbons (Fsp3) is 0.333. The summed E-state index contributed by atoms with van der Waals surface area (Å²) >= 11 is 12.1. The molecule has 0 spiro atoms. The molecule has 32 heavy (non-hydrogen) atoms. The van der Waals surface area contributed by atoms with Crippen LogP contribution in [0.1, 0.15) is 41.8 Å². The molecule has 1 unspecified atom stereocenters. The number of amides is 1. The lowest BCUT2D eigenvalue weighted by Crippen LogP contribution is -2.40. The topological polar surface area (TPSA) is 84.9 Å². The van der Waals surface area contributed by atoms with E-state index in [1.165, 1.54) is 12.1 Å². The number of rotatable bonds is 11. The fourth-order valence-electron chi connectivity index (χ4n) is 2.97. The molecule has 172 valence electrons. The maximum Gasteiger partial charge on any atom is 0.326 e. The molecule has 2 aromatic carbocycles. The van der Waals surface area contributed by atoms with Crippen molar-refractivity contribution in [2.75, 3.05) is 20.3 Å². The average Bonchev–Trinajstić information content (AvgIpc) is 2.73. The highest BCUT2D eigenvalue weighted by Gasteiger charge is 2.23. The fourth-order valence-corrected chi connectivity index (χ4v) is 3.54. The van der Waals surface area contributed by atoms with E-state index in [1.807, 2.05) is 38.1 Å². The maximum atomic E-state index is 12.5. The third kappa shape index (κ3) is 7.35. The second-order valence-corrected chi connectivity index (χ2v) is 8.39. The number of carboxylic acid groups (broad SMARTS) is 1. The second kappa shape index (κ2) is 12.0. The van der Waals surface area contributed by atoms with Crippen molar-refractivity contribution >= 4 is 41.2 Å². The van der Waals surface area contributed by atoms with Gasteiger partial charge < -0.3 is 19.9 Å². The van der Waals surface area contributed by atoms with Gasteiger partial charge in [-0.15, -0.1) is 0 Å². The zero-order chi connectivity index (χ0) is 23.7. The molecule has 0 aromatic heterocycles. The van der Waals surface area contributed by atoms with Gasteiger partial charge in [0, 0.05) is 7.11 Å². The summed E-state index contributed by atoms with van der Waals surface area (Å²) in [5.41, 5.74) is 1.50. The molecule has 0 aliphatic heterocycles. The quantitative estimate of drug-likeness (QED) is 0.433. The summed E-state index contributed by atoms with van der Waals surface area (Å²) < 4.78 is 10.9. The summed E-state index contributed by atoms with van der Waals surface area (Å²) in [7, 11) is 1.63. The molecular formula is C24H27Cl2NO5. The number of ether oxygens (including phenoxy) is 2. The minimum Gasteiger partial charge on any atom is -0.480 e. The Kier molecular flexibility index (Phi) is 9.72. The Morgan fingerprint density at radius 2 is 1.72 bits per heavy atom. The second-order valence-electron chi connectivity index (χ2n) is 7.57. The molecule has 1 atom stereocenters. The lowest BCUT2D eigenvalue weighted by Gasteiger charge is -2.26. The first-order valence-electron chi connectivity index (χ1n) is 10.0. The molecule has 6 nitrogen and oxygen atoms in total. The Hall–Kier alpha value is -2.38. The van der Waals surface area contributed by atoms with Crippen LogP contribution in [0.25, 0.3) is 6.08 Å². The van der Waals surface area contributed by atoms with E-state index in [-0.39, 0.29) is 22.0 Å². The van der Waals surface area contributed by atoms with E-state index in [2.05, 4.69) is 5.32 Å². The third-order valence-corrected chi connectivity index (χ3v) is 5.46. The molecule has 0 heterocycles. The molecule has 0 bridgehead atoms. The summed E-state index contributed by atoms with van der Waals surface area (Å²) in [6.07, 6.45) is 3.59. The van der Waals surface area contributed by atoms with Gasteiger partial charge >= 0.3 is 5.97 Å². The Morgan fingerprint density at radius 3 is 2.28 bits per heavy atom. The van der Waals surface area contributed by atoms with E-state index in [1.54, 1.807) is 25.3 Å². The van der Waals surface area contributed by atoms with Crippen LogP contribution in [0.3, 0.4) is 0 Å². The van der Waals surface area contributed by atoms with Gasteiger partial charge in [-0.1, -0.05) is 65.7 Å². The molecule has 0 saturated heterocycles. The van der Waals surface area contributed by atoms with Crippen LogP contribution in [-0.4, -0.2) is 43.3 Å². The van der Waals surface area contributed by atoms with E-state index in [9.17, 15) is 14.7 Å². The van der Waals surface area contributed by atoms with Gasteiger partial charge in [-0.05, 0) is 43.5 Å². The highest BCUT2D eigenvalue weighted by Crippen LogP contribution is 2.26. The molecule has 0 radical (unpaired) electrons. The van der Waals surface area contributed by atoms with Gasteiger partial charge in [-0.3, -0.25) is 4.79 Å². The van der Waals surface area contributed by atoms with Gasteiger partial charge in [0.05, 0.1) is 34.4 Å². The number of halogens is 2. The van der Waals surface area contributed by atoms with Crippen LogP contribution in [0.15, 0.2) is 48.5 Å². The van der Waals surface area contributed by atoms with Crippen molar-refractivity contribution in [3.05, 3.63) is 75.3 Å². The van der Waals surface area contributed by atoms with Crippen molar-refractivity contribution in [2.45, 2.75) is 31.9 Å². The number of methoxy groups -OCH3 is 1. The number of hydrogen-bond acceptors (Lipinski definition) is 4. The van der Waals surface area contributed by atoms with Crippen LogP contribution in [0.5, 0.6) is 0 Å². The van der Waals surface area contributed by atoms with E-state index in [0.29, 0.717) is 13.2 Å². The number of carbonyl (C=O) groups excluding carboxylic acids is 1. The standard InChI is InChI=1S/C24H27Cl2NO5/c1-24(2,32-15-14-31-3)17-12-10-16(11-13-17)6-4-9-20(23(29)30)27-22(28)21-18(25)7-5-8-19(21)26/h4-8,10-13,20H,9,14-15H2,1-3H3,(H,27,28)(H,29,30)/b6-4+. The van der Waals surface area contributed by atoms with Gasteiger partial charge in [-0.2, -0.15) is 0 Å². The van der Waals surface area contributed by atoms with Crippen molar-refractivity contribution in [2.24, 2.45) is 0 Å². The molecular weight excluding hydrogens is 453 g/mol. The third-order valence-electron chi connectivity index (χ3n) is 4.83. The normalized spacial score (nSPS) is 12.7. The van der Waals surface area contributed by atoms with Gasteiger partial charge in [0.1, 0.15) is 6.04 Å². The lowest BCUT2D eigenvalue weighted by atomic mass is 9.96. The highest BCUT2D eigenvalue weighted by atomic mass is 35.5. The first-order chi connectivity index (χ1) is 15.2. The van der Waals surface area contributed by atoms with Crippen LogP contribution in [0, 0.1) is 0 Å². The van der Waals surface area contributed by atoms with Crippen LogP contribution in [0.2, 0.25) is 10.0 Å². The maximum absolute atomic E-state index is 12.5. The number of benzene rings is 2. The lowest BCUT2D eigenvalue weighted by molar-refractivity contribution is -0.139. The van der Waals surface area contributed by atoms with Gasteiger partial charge in [0.2, 0.25) is 0 Å². The summed E-state index contributed by atoms with van der Waals surface area (Å²) in [4.78, 5) is 24.1. The number of hydrogen-bond donors (Lipinski definition) is 2. The largest absolute Gasteiger partial charge is 0.480 e. The van der Waals surface area contributed by atoms with Gasteiger partial charge in [-0.25, -0.2) is 4.79 Å². The van der Waals surface area contributed by atoms with Gasteiger partial charge in [0.25, 0.3) is 5.91 Å². The summed E-state index contributed by atoms with van der Waals surface area (Å²) in [5.74, 6) is -1.79. The highest BCUT2D eigenvalue weighted by molar-refractivity contribution is 6.39. The predicted octanol–water partition coefficient (Wildman–Crippen LogP) is 5.18. The first kappa shape index (κ1) is 25.9. The Morgan fingerprint density at radius 1 is 1.09 bits per heavy atom. The number of nitrogens with one attached hydrogen (secondary N) is 1. The minimum absolute atomic E-state index is 0.0528. The molecule has 0 aliphatic carbocycles. The Labute approximate surface area is 198 Å². The van der Waals surface area contributed by atoms with Crippen molar-refractivity contribution in [1.82, 2.24) is 5.32 Å². The van der Waals surface area contributed by atoms with Crippen molar-refractivity contribution in [1.29, 1.82) is 0 Å². The molecule has 2 N–H and O–H groups in total. The van der Waals surface area contributed by atoms with Crippen molar-refractivity contribution in [3.8, 4) is 0 Å². The van der Waals surface area contributed by atoms with E-state index in [0.717, 1.165) is 11.1 Å². The molecule has 2 rings (SSSR count). The van der Waals surface area contributed by atoms with Crippen molar-refractivity contribution < 1.29 is 24.2 Å². The first-order valence-corrected chi connectivity index (χ1v) is 10.8. The summed E-state index contributed by atoms with van der Waals surface area (Å²) in [5, 5.41) is 12.3. The zero-order valence-electron chi connectivity index (χ0n) is 18.2. The zero-order valence-corrected chi connectivity index (χ0v) is 19.7. The van der Waals surface area contributed by atoms with Gasteiger partial charge in [0.15, 0.2) is 0 Å². The monoisotopic (exact) mass is 479 g/mol. The molecule has 2 aromatic rings. The van der Waals surface area contributed by atoms with E-state index < -0.39 is 23.5 Å². The number of aliphatic carboxylic acids is 1. The van der Waals surface area contributed by atoms with Crippen LogP contribution in [0.4, 0.5) is 0 Å². The summed E-state index contributed by atoms with van der Waals surface area (Å²) in [6, 6.07) is 11.3. The summed E-state index contributed by atoms with van der Waals surface area (Å²) in [6.45, 7) is 4.98. The Balaban J connectivity index is 2.01. The van der Waals surface area contributed by atoms with Crippen LogP contribution < -0.4 is 5.32 Å². The van der Waals surface area contributed by atoms with E-state index in [4.69, 9.17) is 32.7 Å². The smallest absolute Gasteiger partial charge is 0.326 e. The SMILES string of the molecule is COCCOC(C)(C)c1ccc(/C=C/CC(NC(=O)c2c(Cl)cccc2Cl)C(=O)O)cc1. The average molecular weight is 480 g/mol. The Bertz CT molecular complexity index is 937. The molecule has 1 amide bonds. The van der Waals surface area contributed by atoms with E-state index >= 15 is 0 Å². The van der Waals surface area contributed by atoms with Crippen LogP contribution in [-0.2, 0) is 19.9 Å². The molecule has 0 fully saturated rings. The van der Waals surface area contributed by atoms with Crippen LogP contribution >= 0.6 is 23.2 Å². The molecule has 0 aliphatic rings. The predicted molar refractivity (Wildman–Crippen MR) is 126 cm³/mol. The minimum atomic E-state index is -1.16. The van der Waals surface area contributed by atoms with Crippen molar-refractivity contribution in [3.63, 3.8) is 0 Å². The number of carboxylic acids is 1.